The van der Waals surface area contributed by atoms with E-state index in [4.69, 9.17) is 16.3 Å². The molecule has 5 nitrogen and oxygen atoms in total. The Labute approximate surface area is 148 Å². The molecule has 1 N–H and O–H groups in total. The number of nitrogens with one attached hydrogen (secondary N) is 1. The number of hydrogen-bond acceptors (Lipinski definition) is 3. The molecule has 0 unspecified atom stereocenters. The average molecular weight is 352 g/mol. The van der Waals surface area contributed by atoms with Gasteiger partial charge in [0.05, 0.1) is 6.10 Å². The molecule has 1 aromatic rings. The first-order valence-corrected chi connectivity index (χ1v) is 9.12. The van der Waals surface area contributed by atoms with Crippen molar-refractivity contribution in [2.75, 3.05) is 38.6 Å². The van der Waals surface area contributed by atoms with Crippen LogP contribution in [0.2, 0.25) is 5.02 Å². The fourth-order valence-corrected chi connectivity index (χ4v) is 3.77. The molecule has 0 atom stereocenters. The number of halogens is 1. The van der Waals surface area contributed by atoms with Gasteiger partial charge in [0, 0.05) is 50.0 Å². The van der Waals surface area contributed by atoms with Crippen molar-refractivity contribution in [3.8, 4) is 0 Å². The van der Waals surface area contributed by atoms with Gasteiger partial charge < -0.3 is 19.9 Å². The fraction of sp³-hybridized carbons (Fsp3) is 0.611. The van der Waals surface area contributed by atoms with E-state index in [2.05, 4.69) is 10.2 Å². The summed E-state index contributed by atoms with van der Waals surface area (Å²) in [5, 5.41) is 3.62. The van der Waals surface area contributed by atoms with E-state index < -0.39 is 0 Å². The van der Waals surface area contributed by atoms with E-state index in [0.717, 1.165) is 57.5 Å². The van der Waals surface area contributed by atoms with Gasteiger partial charge in [0.25, 0.3) is 0 Å². The van der Waals surface area contributed by atoms with Crippen LogP contribution in [0.4, 0.5) is 10.5 Å². The Balaban J connectivity index is 1.44. The van der Waals surface area contributed by atoms with Crippen LogP contribution in [0.3, 0.4) is 0 Å². The fourth-order valence-electron chi connectivity index (χ4n) is 3.65. The van der Waals surface area contributed by atoms with Crippen LogP contribution >= 0.6 is 11.6 Å². The molecule has 2 aliphatic rings. The average Bonchev–Trinajstić information content (AvgIpc) is 2.64. The van der Waals surface area contributed by atoms with Crippen LogP contribution in [-0.4, -0.2) is 61.3 Å². The van der Waals surface area contributed by atoms with Gasteiger partial charge in [-0.1, -0.05) is 11.6 Å². The maximum Gasteiger partial charge on any atom is 0.321 e. The van der Waals surface area contributed by atoms with E-state index in [1.807, 2.05) is 17.0 Å². The van der Waals surface area contributed by atoms with Gasteiger partial charge in [0.1, 0.15) is 0 Å². The van der Waals surface area contributed by atoms with Crippen molar-refractivity contribution in [3.63, 3.8) is 0 Å². The highest BCUT2D eigenvalue weighted by molar-refractivity contribution is 6.30. The van der Waals surface area contributed by atoms with Gasteiger partial charge in [-0.05, 0) is 49.9 Å². The zero-order valence-electron chi connectivity index (χ0n) is 14.2. The van der Waals surface area contributed by atoms with Crippen molar-refractivity contribution >= 4 is 23.3 Å². The molecule has 2 fully saturated rings. The molecular weight excluding hydrogens is 326 g/mol. The Morgan fingerprint density at radius 1 is 1.08 bits per heavy atom. The lowest BCUT2D eigenvalue weighted by Gasteiger charge is -2.41. The van der Waals surface area contributed by atoms with Crippen LogP contribution in [0.15, 0.2) is 24.3 Å². The molecule has 0 radical (unpaired) electrons. The summed E-state index contributed by atoms with van der Waals surface area (Å²) in [5.41, 5.74) is 0.785. The zero-order chi connectivity index (χ0) is 16.9. The minimum atomic E-state index is -0.0196. The number of anilines is 1. The maximum absolute atomic E-state index is 12.4. The third kappa shape index (κ3) is 4.41. The minimum absolute atomic E-state index is 0.0196. The molecule has 0 bridgehead atoms. The van der Waals surface area contributed by atoms with Crippen molar-refractivity contribution in [1.82, 2.24) is 9.80 Å². The summed E-state index contributed by atoms with van der Waals surface area (Å²) in [5.74, 6) is 0. The molecule has 0 aliphatic carbocycles. The lowest BCUT2D eigenvalue weighted by atomic mass is 9.99. The van der Waals surface area contributed by atoms with E-state index in [9.17, 15) is 4.79 Å². The summed E-state index contributed by atoms with van der Waals surface area (Å²) in [4.78, 5) is 16.9. The van der Waals surface area contributed by atoms with Gasteiger partial charge >= 0.3 is 6.03 Å². The highest BCUT2D eigenvalue weighted by Crippen LogP contribution is 2.22. The number of methoxy groups -OCH3 is 1. The molecule has 0 aromatic heterocycles. The van der Waals surface area contributed by atoms with Crippen LogP contribution in [0, 0.1) is 0 Å². The number of carbonyl (C=O) groups is 1. The largest absolute Gasteiger partial charge is 0.381 e. The monoisotopic (exact) mass is 351 g/mol. The Hall–Kier alpha value is -1.30. The number of likely N-dealkylation sites (tertiary alicyclic amines) is 2. The molecule has 0 saturated carbocycles. The molecule has 2 heterocycles. The Kier molecular flexibility index (Phi) is 5.98. The second-order valence-electron chi connectivity index (χ2n) is 6.63. The predicted octanol–water partition coefficient (Wildman–Crippen LogP) is 3.45. The summed E-state index contributed by atoms with van der Waals surface area (Å²) in [6.45, 7) is 3.85. The van der Waals surface area contributed by atoms with E-state index >= 15 is 0 Å². The molecule has 2 saturated heterocycles. The third-order valence-electron chi connectivity index (χ3n) is 5.17. The number of hydrogen-bond donors (Lipinski definition) is 1. The number of piperidine rings is 2. The predicted molar refractivity (Wildman–Crippen MR) is 96.7 cm³/mol. The van der Waals surface area contributed by atoms with E-state index in [1.165, 1.54) is 0 Å². The molecule has 0 spiro atoms. The third-order valence-corrected chi connectivity index (χ3v) is 5.43. The SMILES string of the molecule is COC1CCN(C2CCN(C(=O)Nc3ccc(Cl)cc3)CC2)CC1. The van der Waals surface area contributed by atoms with Gasteiger partial charge in [-0.2, -0.15) is 0 Å². The standard InChI is InChI=1S/C18H26ClN3O2/c1-24-17-8-12-21(13-9-17)16-6-10-22(11-7-16)18(23)20-15-4-2-14(19)3-5-15/h2-5,16-17H,6-13H2,1H3,(H,20,23). The van der Waals surface area contributed by atoms with Crippen molar-refractivity contribution in [2.24, 2.45) is 0 Å². The van der Waals surface area contributed by atoms with Crippen LogP contribution in [0.1, 0.15) is 25.7 Å². The van der Waals surface area contributed by atoms with Crippen LogP contribution in [0.25, 0.3) is 0 Å². The summed E-state index contributed by atoms with van der Waals surface area (Å²) >= 11 is 5.87. The van der Waals surface area contributed by atoms with E-state index in [1.54, 1.807) is 19.2 Å². The highest BCUT2D eigenvalue weighted by atomic mass is 35.5. The Morgan fingerprint density at radius 2 is 1.71 bits per heavy atom. The Bertz CT molecular complexity index is 536. The number of amides is 2. The molecule has 2 amide bonds. The number of benzene rings is 1. The second-order valence-corrected chi connectivity index (χ2v) is 7.06. The first-order valence-electron chi connectivity index (χ1n) is 8.74. The van der Waals surface area contributed by atoms with Crippen LogP contribution in [-0.2, 0) is 4.74 Å². The maximum atomic E-state index is 12.4. The molecular formula is C18H26ClN3O2. The lowest BCUT2D eigenvalue weighted by Crippen LogP contribution is -2.50. The molecule has 6 heteroatoms. The zero-order valence-corrected chi connectivity index (χ0v) is 15.0. The van der Waals surface area contributed by atoms with E-state index in [-0.39, 0.29) is 6.03 Å². The molecule has 3 rings (SSSR count). The van der Waals surface area contributed by atoms with Gasteiger partial charge in [0.15, 0.2) is 0 Å². The van der Waals surface area contributed by atoms with Crippen LogP contribution < -0.4 is 5.32 Å². The number of carbonyl (C=O) groups excluding carboxylic acids is 1. The summed E-state index contributed by atoms with van der Waals surface area (Å²) in [6.07, 6.45) is 4.75. The lowest BCUT2D eigenvalue weighted by molar-refractivity contribution is 0.0173. The smallest absolute Gasteiger partial charge is 0.321 e. The quantitative estimate of drug-likeness (QED) is 0.907. The first-order chi connectivity index (χ1) is 11.7. The van der Waals surface area contributed by atoms with Crippen molar-refractivity contribution in [2.45, 2.75) is 37.8 Å². The van der Waals surface area contributed by atoms with Crippen molar-refractivity contribution in [3.05, 3.63) is 29.3 Å². The minimum Gasteiger partial charge on any atom is -0.381 e. The summed E-state index contributed by atoms with van der Waals surface area (Å²) < 4.78 is 5.44. The summed E-state index contributed by atoms with van der Waals surface area (Å²) in [7, 11) is 1.80. The Morgan fingerprint density at radius 3 is 2.29 bits per heavy atom. The highest BCUT2D eigenvalue weighted by Gasteiger charge is 2.29. The molecule has 1 aromatic carbocycles. The van der Waals surface area contributed by atoms with Gasteiger partial charge in [-0.25, -0.2) is 4.79 Å². The molecule has 132 valence electrons. The van der Waals surface area contributed by atoms with Gasteiger partial charge in [-0.3, -0.25) is 0 Å². The normalized spacial score (nSPS) is 21.0. The summed E-state index contributed by atoms with van der Waals surface area (Å²) in [6, 6.07) is 7.80. The van der Waals surface area contributed by atoms with Gasteiger partial charge in [0.2, 0.25) is 0 Å². The first kappa shape index (κ1) is 17.5. The topological polar surface area (TPSA) is 44.8 Å². The molecule has 24 heavy (non-hydrogen) atoms. The number of nitrogens with zero attached hydrogens (tertiary/aromatic N) is 2. The number of ether oxygens (including phenoxy) is 1. The van der Waals surface area contributed by atoms with Crippen LogP contribution in [0.5, 0.6) is 0 Å². The second kappa shape index (κ2) is 8.19. The van der Waals surface area contributed by atoms with Crippen molar-refractivity contribution in [1.29, 1.82) is 0 Å². The number of urea groups is 1. The molecule has 2 aliphatic heterocycles. The number of rotatable bonds is 3. The van der Waals surface area contributed by atoms with E-state index in [0.29, 0.717) is 17.2 Å². The van der Waals surface area contributed by atoms with Crippen molar-refractivity contribution < 1.29 is 9.53 Å². The van der Waals surface area contributed by atoms with Gasteiger partial charge in [-0.15, -0.1) is 0 Å².